The summed E-state index contributed by atoms with van der Waals surface area (Å²) in [6.07, 6.45) is 1.56. The first-order chi connectivity index (χ1) is 34.6. The zero-order chi connectivity index (χ0) is 46.5. The highest BCUT2D eigenvalue weighted by Crippen LogP contribution is 2.47. The predicted octanol–water partition coefficient (Wildman–Crippen LogP) is 19.2. The molecule has 0 spiro atoms. The molecule has 0 N–H and O–H groups in total. The van der Waals surface area contributed by atoms with Gasteiger partial charge in [-0.15, -0.1) is 0 Å². The standard InChI is InChI=1S/C66H44ClNOS/c67-54-30-26-46(27-31-54)49-29-34-59-52(36-49)38-51-17-7-11-21-64(51)70-65-35-33-56(40-53(65)37-50-16-6-8-18-58(50)59)68(55-32-28-44-14-4-5-15-48(44)39-55)57-41-61(66-62(42-57)60-19-9-10-20-63(60)69-66)47-24-22-45(23-25-47)43-12-2-1-3-13-43/h1-36,39-42H,37-38H2. The first-order valence-electron chi connectivity index (χ1n) is 23.8. The van der Waals surface area contributed by atoms with Crippen molar-refractivity contribution in [1.82, 2.24) is 0 Å². The van der Waals surface area contributed by atoms with Crippen molar-refractivity contribution in [2.24, 2.45) is 0 Å². The Morgan fingerprint density at radius 1 is 0.357 bits per heavy atom. The number of furan rings is 1. The van der Waals surface area contributed by atoms with Gasteiger partial charge in [-0.25, -0.2) is 0 Å². The monoisotopic (exact) mass is 933 g/mol. The van der Waals surface area contributed by atoms with Crippen LogP contribution in [0.4, 0.5) is 17.1 Å². The molecule has 0 aliphatic carbocycles. The Hall–Kier alpha value is -8.08. The topological polar surface area (TPSA) is 16.4 Å². The summed E-state index contributed by atoms with van der Waals surface area (Å²) in [5, 5.41) is 5.30. The first-order valence-corrected chi connectivity index (χ1v) is 25.0. The van der Waals surface area contributed by atoms with Gasteiger partial charge >= 0.3 is 0 Å². The Balaban J connectivity index is 1.00. The van der Waals surface area contributed by atoms with Crippen molar-refractivity contribution >= 4 is 73.1 Å². The summed E-state index contributed by atoms with van der Waals surface area (Å²) in [5.41, 5.74) is 19.5. The third-order valence-electron chi connectivity index (χ3n) is 13.9. The Morgan fingerprint density at radius 3 is 1.84 bits per heavy atom. The number of benzene rings is 11. The number of para-hydroxylation sites is 1. The van der Waals surface area contributed by atoms with Crippen LogP contribution in [0.5, 0.6) is 0 Å². The summed E-state index contributed by atoms with van der Waals surface area (Å²) in [4.78, 5) is 4.95. The molecule has 0 saturated heterocycles. The van der Waals surface area contributed by atoms with Gasteiger partial charge in [0.25, 0.3) is 0 Å². The summed E-state index contributed by atoms with van der Waals surface area (Å²) < 4.78 is 6.78. The van der Waals surface area contributed by atoms with E-state index in [1.807, 2.05) is 23.9 Å². The van der Waals surface area contributed by atoms with Crippen LogP contribution in [-0.2, 0) is 12.8 Å². The van der Waals surface area contributed by atoms with E-state index in [-0.39, 0.29) is 0 Å². The van der Waals surface area contributed by atoms with Crippen LogP contribution < -0.4 is 4.90 Å². The van der Waals surface area contributed by atoms with Gasteiger partial charge in [0, 0.05) is 48.2 Å². The fourth-order valence-electron chi connectivity index (χ4n) is 10.4. The van der Waals surface area contributed by atoms with Gasteiger partial charge in [0.1, 0.15) is 11.2 Å². The molecular weight excluding hydrogens is 890 g/mol. The fraction of sp³-hybridized carbons (Fsp3) is 0.0303. The summed E-state index contributed by atoms with van der Waals surface area (Å²) in [5.74, 6) is 0. The average molecular weight is 935 g/mol. The molecule has 70 heavy (non-hydrogen) atoms. The number of rotatable bonds is 6. The van der Waals surface area contributed by atoms with Gasteiger partial charge in [-0.3, -0.25) is 0 Å². The molecule has 1 aromatic heterocycles. The second-order valence-corrected chi connectivity index (χ2v) is 19.7. The van der Waals surface area contributed by atoms with Gasteiger partial charge in [0.05, 0.1) is 0 Å². The Kier molecular flexibility index (Phi) is 10.7. The van der Waals surface area contributed by atoms with Gasteiger partial charge in [-0.1, -0.05) is 199 Å². The largest absolute Gasteiger partial charge is 0.455 e. The van der Waals surface area contributed by atoms with E-state index in [9.17, 15) is 0 Å². The minimum Gasteiger partial charge on any atom is -0.455 e. The summed E-state index contributed by atoms with van der Waals surface area (Å²) in [6, 6.07) is 88.1. The average Bonchev–Trinajstić information content (AvgIpc) is 3.78. The molecule has 2 heterocycles. The summed E-state index contributed by atoms with van der Waals surface area (Å²) in [6.45, 7) is 0. The van der Waals surface area contributed by atoms with E-state index in [4.69, 9.17) is 16.0 Å². The van der Waals surface area contributed by atoms with Crippen molar-refractivity contribution in [3.8, 4) is 44.5 Å². The highest BCUT2D eigenvalue weighted by Gasteiger charge is 2.23. The number of fused-ring (bicyclic) bond motifs is 9. The van der Waals surface area contributed by atoms with Crippen molar-refractivity contribution < 1.29 is 4.42 Å². The SMILES string of the molecule is Clc1ccc(-c2ccc3c(c2)Cc2ccccc2Sc2ccc(N(c4ccc5ccccc5c4)c4cc(-c5ccc(-c6ccccc6)cc5)c5oc6ccccc6c5c4)cc2Cc2ccccc2-3)cc1. The van der Waals surface area contributed by atoms with E-state index < -0.39 is 0 Å². The van der Waals surface area contributed by atoms with Crippen LogP contribution in [0, 0.1) is 0 Å². The van der Waals surface area contributed by atoms with Crippen LogP contribution in [0.1, 0.15) is 22.3 Å². The predicted molar refractivity (Wildman–Crippen MR) is 295 cm³/mol. The lowest BCUT2D eigenvalue weighted by Gasteiger charge is -2.28. The van der Waals surface area contributed by atoms with Crippen LogP contribution in [0.15, 0.2) is 257 Å². The van der Waals surface area contributed by atoms with Gasteiger partial charge < -0.3 is 9.32 Å². The Labute approximate surface area is 417 Å². The van der Waals surface area contributed by atoms with E-state index in [1.54, 1.807) is 0 Å². The molecule has 2 nitrogen and oxygen atoms in total. The lowest BCUT2D eigenvalue weighted by atomic mass is 9.88. The maximum atomic E-state index is 6.78. The number of hydrogen-bond acceptors (Lipinski definition) is 3. The maximum absolute atomic E-state index is 6.78. The molecule has 0 fully saturated rings. The van der Waals surface area contributed by atoms with E-state index >= 15 is 0 Å². The minimum absolute atomic E-state index is 0.740. The number of hydrogen-bond donors (Lipinski definition) is 0. The lowest BCUT2D eigenvalue weighted by Crippen LogP contribution is -2.11. The normalized spacial score (nSPS) is 12.2. The quantitative estimate of drug-likeness (QED) is 0.165. The highest BCUT2D eigenvalue weighted by molar-refractivity contribution is 7.99. The second-order valence-electron chi connectivity index (χ2n) is 18.2. The molecule has 332 valence electrons. The number of anilines is 3. The van der Waals surface area contributed by atoms with Crippen molar-refractivity contribution in [2.75, 3.05) is 4.90 Å². The van der Waals surface area contributed by atoms with E-state index in [0.29, 0.717) is 0 Å². The Bertz CT molecular complexity index is 3930. The molecule has 0 amide bonds. The van der Waals surface area contributed by atoms with E-state index in [1.165, 1.54) is 70.6 Å². The van der Waals surface area contributed by atoms with Crippen LogP contribution >= 0.6 is 23.4 Å². The lowest BCUT2D eigenvalue weighted by molar-refractivity contribution is 0.670. The van der Waals surface area contributed by atoms with Gasteiger partial charge in [0.15, 0.2) is 0 Å². The molecule has 1 aliphatic heterocycles. The van der Waals surface area contributed by atoms with Gasteiger partial charge in [-0.2, -0.15) is 0 Å². The molecule has 13 rings (SSSR count). The smallest absolute Gasteiger partial charge is 0.143 e. The molecule has 0 saturated carbocycles. The van der Waals surface area contributed by atoms with Crippen molar-refractivity contribution in [1.29, 1.82) is 0 Å². The first kappa shape index (κ1) is 42.1. The van der Waals surface area contributed by atoms with Crippen LogP contribution in [0.2, 0.25) is 5.02 Å². The molecule has 1 aliphatic rings. The maximum Gasteiger partial charge on any atom is 0.143 e. The number of nitrogens with zero attached hydrogens (tertiary/aromatic N) is 1. The molecule has 12 aromatic rings. The molecule has 4 heteroatoms. The van der Waals surface area contributed by atoms with Crippen LogP contribution in [0.3, 0.4) is 0 Å². The summed E-state index contributed by atoms with van der Waals surface area (Å²) in [7, 11) is 0. The molecular formula is C66H44ClNOS. The van der Waals surface area contributed by atoms with Crippen LogP contribution in [-0.4, -0.2) is 0 Å². The molecule has 0 radical (unpaired) electrons. The highest BCUT2D eigenvalue weighted by atomic mass is 35.5. The third-order valence-corrected chi connectivity index (χ3v) is 15.4. The Morgan fingerprint density at radius 2 is 0.971 bits per heavy atom. The summed E-state index contributed by atoms with van der Waals surface area (Å²) >= 11 is 8.21. The zero-order valence-electron chi connectivity index (χ0n) is 38.1. The van der Waals surface area contributed by atoms with E-state index in [0.717, 1.165) is 73.6 Å². The van der Waals surface area contributed by atoms with Crippen LogP contribution in [0.25, 0.3) is 77.2 Å². The van der Waals surface area contributed by atoms with Crippen molar-refractivity contribution in [3.63, 3.8) is 0 Å². The fourth-order valence-corrected chi connectivity index (χ4v) is 11.6. The third kappa shape index (κ3) is 7.84. The van der Waals surface area contributed by atoms with Gasteiger partial charge in [0.2, 0.25) is 0 Å². The van der Waals surface area contributed by atoms with Crippen molar-refractivity contribution in [2.45, 2.75) is 22.6 Å². The second kappa shape index (κ2) is 17.8. The molecule has 0 unspecified atom stereocenters. The minimum atomic E-state index is 0.740. The van der Waals surface area contributed by atoms with E-state index in [2.05, 4.69) is 235 Å². The molecule has 11 aromatic carbocycles. The number of halogens is 1. The molecule has 0 bridgehead atoms. The molecule has 0 atom stereocenters. The van der Waals surface area contributed by atoms with Crippen molar-refractivity contribution in [3.05, 3.63) is 270 Å². The zero-order valence-corrected chi connectivity index (χ0v) is 39.7. The van der Waals surface area contributed by atoms with Gasteiger partial charge in [-0.05, 0) is 152 Å².